The van der Waals surface area contributed by atoms with Crippen LogP contribution in [0.5, 0.6) is 0 Å². The van der Waals surface area contributed by atoms with Gasteiger partial charge in [-0.05, 0) is 68.4 Å². The van der Waals surface area contributed by atoms with Crippen LogP contribution in [-0.2, 0) is 0 Å². The van der Waals surface area contributed by atoms with E-state index in [0.717, 1.165) is 22.6 Å². The summed E-state index contributed by atoms with van der Waals surface area (Å²) in [5.74, 6) is -0.218. The number of benzene rings is 3. The molecule has 0 bridgehead atoms. The summed E-state index contributed by atoms with van der Waals surface area (Å²) in [6.45, 7) is 3.47. The number of aromatic nitrogens is 2. The molecule has 5 nitrogen and oxygen atoms in total. The van der Waals surface area contributed by atoms with E-state index in [0.29, 0.717) is 16.8 Å². The standard InChI is InChI=1S/C25H21N3O2/c1-17-16-24(20-6-4-3-5-7-20)28(27-17)23-14-10-21(11-15-23)25(30)26-22-12-8-19(9-13-22)18(2)29/h3-16H,1-2H3,(H,26,30). The molecule has 0 radical (unpaired) electrons. The lowest BCUT2D eigenvalue weighted by Crippen LogP contribution is -2.12. The third kappa shape index (κ3) is 4.05. The first-order valence-electron chi connectivity index (χ1n) is 9.66. The van der Waals surface area contributed by atoms with Crippen molar-refractivity contribution in [2.24, 2.45) is 0 Å². The van der Waals surface area contributed by atoms with Crippen LogP contribution in [-0.4, -0.2) is 21.5 Å². The average Bonchev–Trinajstić information content (AvgIpc) is 3.16. The van der Waals surface area contributed by atoms with E-state index in [1.807, 2.05) is 60.1 Å². The molecular formula is C25H21N3O2. The third-order valence-electron chi connectivity index (χ3n) is 4.82. The van der Waals surface area contributed by atoms with Crippen molar-refractivity contribution in [2.45, 2.75) is 13.8 Å². The Hall–Kier alpha value is -3.99. The number of rotatable bonds is 5. The minimum Gasteiger partial charge on any atom is -0.322 e. The van der Waals surface area contributed by atoms with Gasteiger partial charge in [0.15, 0.2) is 5.78 Å². The first kappa shape index (κ1) is 19.3. The number of anilines is 1. The maximum atomic E-state index is 12.6. The van der Waals surface area contributed by atoms with Crippen LogP contribution in [0.25, 0.3) is 16.9 Å². The molecule has 0 aliphatic carbocycles. The number of hydrogen-bond donors (Lipinski definition) is 1. The van der Waals surface area contributed by atoms with Gasteiger partial charge in [0.1, 0.15) is 0 Å². The summed E-state index contributed by atoms with van der Waals surface area (Å²) in [4.78, 5) is 23.9. The maximum absolute atomic E-state index is 12.6. The molecule has 1 heterocycles. The van der Waals surface area contributed by atoms with Gasteiger partial charge >= 0.3 is 0 Å². The lowest BCUT2D eigenvalue weighted by atomic mass is 10.1. The highest BCUT2D eigenvalue weighted by Gasteiger charge is 2.11. The molecule has 0 unspecified atom stereocenters. The van der Waals surface area contributed by atoms with Gasteiger partial charge in [-0.25, -0.2) is 4.68 Å². The summed E-state index contributed by atoms with van der Waals surface area (Å²) in [6, 6.07) is 26.3. The number of carbonyl (C=O) groups excluding carboxylic acids is 2. The van der Waals surface area contributed by atoms with Gasteiger partial charge in [-0.1, -0.05) is 30.3 Å². The molecule has 0 saturated heterocycles. The molecule has 1 aromatic heterocycles. The predicted octanol–water partition coefficient (Wildman–Crippen LogP) is 5.30. The molecular weight excluding hydrogens is 374 g/mol. The average molecular weight is 395 g/mol. The Morgan fingerprint density at radius 2 is 1.47 bits per heavy atom. The number of aryl methyl sites for hydroxylation is 1. The zero-order valence-corrected chi connectivity index (χ0v) is 16.8. The lowest BCUT2D eigenvalue weighted by molar-refractivity contribution is 0.101. The number of nitrogens with one attached hydrogen (secondary N) is 1. The van der Waals surface area contributed by atoms with Gasteiger partial charge in [-0.15, -0.1) is 0 Å². The SMILES string of the molecule is CC(=O)c1ccc(NC(=O)c2ccc(-n3nc(C)cc3-c3ccccc3)cc2)cc1. The lowest BCUT2D eigenvalue weighted by Gasteiger charge is -2.09. The highest BCUT2D eigenvalue weighted by Crippen LogP contribution is 2.24. The second-order valence-electron chi connectivity index (χ2n) is 7.08. The van der Waals surface area contributed by atoms with E-state index in [1.54, 1.807) is 36.4 Å². The Kier molecular flexibility index (Phi) is 5.26. The van der Waals surface area contributed by atoms with Crippen LogP contribution in [0, 0.1) is 6.92 Å². The first-order chi connectivity index (χ1) is 14.5. The van der Waals surface area contributed by atoms with Crippen molar-refractivity contribution in [1.29, 1.82) is 0 Å². The molecule has 0 fully saturated rings. The van der Waals surface area contributed by atoms with Crippen molar-refractivity contribution in [2.75, 3.05) is 5.32 Å². The highest BCUT2D eigenvalue weighted by atomic mass is 16.1. The second kappa shape index (κ2) is 8.17. The Bertz CT molecular complexity index is 1190. The van der Waals surface area contributed by atoms with Gasteiger partial charge < -0.3 is 5.32 Å². The molecule has 1 N–H and O–H groups in total. The molecule has 4 rings (SSSR count). The summed E-state index contributed by atoms with van der Waals surface area (Å²) >= 11 is 0. The number of ketones is 1. The summed E-state index contributed by atoms with van der Waals surface area (Å²) in [6.07, 6.45) is 0. The topological polar surface area (TPSA) is 64.0 Å². The Morgan fingerprint density at radius 1 is 0.833 bits per heavy atom. The molecule has 0 aliphatic heterocycles. The predicted molar refractivity (Wildman–Crippen MR) is 118 cm³/mol. The van der Waals surface area contributed by atoms with Crippen LogP contribution in [0.3, 0.4) is 0 Å². The smallest absolute Gasteiger partial charge is 0.255 e. The molecule has 0 aliphatic rings. The molecule has 1 amide bonds. The van der Waals surface area contributed by atoms with Crippen LogP contribution in [0.2, 0.25) is 0 Å². The van der Waals surface area contributed by atoms with E-state index < -0.39 is 0 Å². The van der Waals surface area contributed by atoms with Crippen molar-refractivity contribution in [3.8, 4) is 16.9 Å². The van der Waals surface area contributed by atoms with E-state index >= 15 is 0 Å². The second-order valence-corrected chi connectivity index (χ2v) is 7.08. The fourth-order valence-corrected chi connectivity index (χ4v) is 3.26. The van der Waals surface area contributed by atoms with Gasteiger partial charge in [0, 0.05) is 22.4 Å². The number of amides is 1. The third-order valence-corrected chi connectivity index (χ3v) is 4.82. The molecule has 5 heteroatoms. The van der Waals surface area contributed by atoms with Crippen LogP contribution in [0.1, 0.15) is 33.3 Å². The Balaban J connectivity index is 1.55. The van der Waals surface area contributed by atoms with E-state index in [1.165, 1.54) is 6.92 Å². The summed E-state index contributed by atoms with van der Waals surface area (Å²) < 4.78 is 1.88. The molecule has 4 aromatic rings. The molecule has 0 atom stereocenters. The van der Waals surface area contributed by atoms with Crippen LogP contribution in [0.4, 0.5) is 5.69 Å². The first-order valence-corrected chi connectivity index (χ1v) is 9.66. The van der Waals surface area contributed by atoms with Crippen molar-refractivity contribution in [3.63, 3.8) is 0 Å². The summed E-state index contributed by atoms with van der Waals surface area (Å²) in [7, 11) is 0. The fraction of sp³-hybridized carbons (Fsp3) is 0.0800. The summed E-state index contributed by atoms with van der Waals surface area (Å²) in [5, 5.41) is 7.46. The van der Waals surface area contributed by atoms with Crippen LogP contribution >= 0.6 is 0 Å². The fourth-order valence-electron chi connectivity index (χ4n) is 3.26. The van der Waals surface area contributed by atoms with Crippen molar-refractivity contribution < 1.29 is 9.59 Å². The monoisotopic (exact) mass is 395 g/mol. The van der Waals surface area contributed by atoms with Crippen LogP contribution in [0.15, 0.2) is 84.9 Å². The molecule has 0 saturated carbocycles. The Labute approximate surface area is 175 Å². The van der Waals surface area contributed by atoms with Gasteiger partial charge in [-0.2, -0.15) is 5.10 Å². The Morgan fingerprint density at radius 3 is 2.10 bits per heavy atom. The molecule has 0 spiro atoms. The zero-order chi connectivity index (χ0) is 21.1. The van der Waals surface area contributed by atoms with Crippen LogP contribution < -0.4 is 5.32 Å². The molecule has 3 aromatic carbocycles. The van der Waals surface area contributed by atoms with Gasteiger partial charge in [0.05, 0.1) is 17.1 Å². The number of hydrogen-bond acceptors (Lipinski definition) is 3. The van der Waals surface area contributed by atoms with Gasteiger partial charge in [-0.3, -0.25) is 9.59 Å². The van der Waals surface area contributed by atoms with Gasteiger partial charge in [0.2, 0.25) is 0 Å². The number of nitrogens with zero attached hydrogens (tertiary/aromatic N) is 2. The normalized spacial score (nSPS) is 10.6. The highest BCUT2D eigenvalue weighted by molar-refractivity contribution is 6.04. The largest absolute Gasteiger partial charge is 0.322 e. The van der Waals surface area contributed by atoms with E-state index in [2.05, 4.69) is 10.4 Å². The van der Waals surface area contributed by atoms with E-state index in [4.69, 9.17) is 0 Å². The molecule has 148 valence electrons. The maximum Gasteiger partial charge on any atom is 0.255 e. The van der Waals surface area contributed by atoms with Crippen molar-refractivity contribution in [3.05, 3.63) is 102 Å². The number of carbonyl (C=O) groups is 2. The zero-order valence-electron chi connectivity index (χ0n) is 16.8. The van der Waals surface area contributed by atoms with Crippen molar-refractivity contribution >= 4 is 17.4 Å². The summed E-state index contributed by atoms with van der Waals surface area (Å²) in [5.41, 5.74) is 5.67. The molecule has 30 heavy (non-hydrogen) atoms. The quantitative estimate of drug-likeness (QED) is 0.466. The van der Waals surface area contributed by atoms with E-state index in [9.17, 15) is 9.59 Å². The minimum atomic E-state index is -0.211. The van der Waals surface area contributed by atoms with E-state index in [-0.39, 0.29) is 11.7 Å². The van der Waals surface area contributed by atoms with Crippen molar-refractivity contribution in [1.82, 2.24) is 9.78 Å². The number of Topliss-reactive ketones (excluding diaryl/α,β-unsaturated/α-hetero) is 1. The minimum absolute atomic E-state index is 0.00723. The van der Waals surface area contributed by atoms with Gasteiger partial charge in [0.25, 0.3) is 5.91 Å².